The number of benzene rings is 4. The number of aromatic nitrogens is 1. The Morgan fingerprint density at radius 3 is 2.17 bits per heavy atom. The van der Waals surface area contributed by atoms with Crippen molar-refractivity contribution in [3.8, 4) is 11.1 Å². The van der Waals surface area contributed by atoms with E-state index in [1.807, 2.05) is 0 Å². The third kappa shape index (κ3) is 3.56. The van der Waals surface area contributed by atoms with Crippen molar-refractivity contribution < 1.29 is 0 Å². The summed E-state index contributed by atoms with van der Waals surface area (Å²) in [5.41, 5.74) is 10.5. The molecule has 0 N–H and O–H groups in total. The van der Waals surface area contributed by atoms with E-state index in [0.717, 1.165) is 19.4 Å². The van der Waals surface area contributed by atoms with Crippen molar-refractivity contribution >= 4 is 33.2 Å². The number of nitrogens with zero attached hydrogens (tertiary/aromatic N) is 2. The Morgan fingerprint density at radius 1 is 0.700 bits per heavy atom. The normalized spacial score (nSPS) is 21.7. The molecule has 0 radical (unpaired) electrons. The van der Waals surface area contributed by atoms with Gasteiger partial charge in [-0.15, -0.1) is 0 Å². The summed E-state index contributed by atoms with van der Waals surface area (Å²) in [6, 6.07) is 35.4. The largest absolute Gasteiger partial charge is 0.357 e. The van der Waals surface area contributed by atoms with Gasteiger partial charge in [0.15, 0.2) is 0 Å². The van der Waals surface area contributed by atoms with E-state index in [0.29, 0.717) is 5.92 Å². The van der Waals surface area contributed by atoms with Crippen LogP contribution in [0, 0.1) is 5.92 Å². The van der Waals surface area contributed by atoms with E-state index < -0.39 is 0 Å². The zero-order valence-electron chi connectivity index (χ0n) is 22.8. The predicted molar refractivity (Wildman–Crippen MR) is 169 cm³/mol. The molecule has 0 amide bonds. The van der Waals surface area contributed by atoms with Gasteiger partial charge in [0.25, 0.3) is 0 Å². The van der Waals surface area contributed by atoms with Crippen LogP contribution in [0.25, 0.3) is 38.6 Å². The first-order valence-electron chi connectivity index (χ1n) is 14.4. The molecule has 2 heteroatoms. The molecular formula is C38H32N2. The molecule has 40 heavy (non-hydrogen) atoms. The maximum Gasteiger partial charge on any atom is 0.0600 e. The van der Waals surface area contributed by atoms with Crippen molar-refractivity contribution in [2.45, 2.75) is 31.8 Å². The molecule has 1 aliphatic heterocycles. The van der Waals surface area contributed by atoms with Gasteiger partial charge in [-0.05, 0) is 60.7 Å². The first-order valence-corrected chi connectivity index (χ1v) is 14.4. The highest BCUT2D eigenvalue weighted by atomic mass is 15.2. The molecule has 2 aliphatic carbocycles. The minimum atomic E-state index is -0.101. The molecule has 0 fully saturated rings. The first kappa shape index (κ1) is 23.3. The molecule has 0 saturated heterocycles. The van der Waals surface area contributed by atoms with Gasteiger partial charge < -0.3 is 9.47 Å². The highest BCUT2D eigenvalue weighted by Gasteiger charge is 2.36. The van der Waals surface area contributed by atoms with E-state index in [4.69, 9.17) is 0 Å². The summed E-state index contributed by atoms with van der Waals surface area (Å²) < 4.78 is 2.44. The summed E-state index contributed by atoms with van der Waals surface area (Å²) in [5.74, 6) is 0.336. The fourth-order valence-electron chi connectivity index (χ4n) is 7.13. The number of rotatable bonds is 3. The second-order valence-electron chi connectivity index (χ2n) is 11.6. The van der Waals surface area contributed by atoms with Gasteiger partial charge >= 0.3 is 0 Å². The molecule has 2 unspecified atom stereocenters. The van der Waals surface area contributed by atoms with Crippen LogP contribution in [0.3, 0.4) is 0 Å². The van der Waals surface area contributed by atoms with Crippen LogP contribution in [0.4, 0.5) is 5.69 Å². The molecule has 0 saturated carbocycles. The van der Waals surface area contributed by atoms with E-state index in [1.54, 1.807) is 0 Å². The van der Waals surface area contributed by atoms with E-state index >= 15 is 0 Å². The summed E-state index contributed by atoms with van der Waals surface area (Å²) in [4.78, 5) is 2.63. The van der Waals surface area contributed by atoms with Crippen molar-refractivity contribution in [2.75, 3.05) is 4.90 Å². The van der Waals surface area contributed by atoms with E-state index in [1.165, 1.54) is 55.5 Å². The number of para-hydroxylation sites is 3. The first-order chi connectivity index (χ1) is 19.7. The zero-order valence-corrected chi connectivity index (χ0v) is 22.8. The number of allylic oxidation sites excluding steroid dienone is 6. The summed E-state index contributed by atoms with van der Waals surface area (Å²) in [6.07, 6.45) is 16.5. The average Bonchev–Trinajstić information content (AvgIpc) is 3.35. The topological polar surface area (TPSA) is 8.17 Å². The molecular weight excluding hydrogens is 484 g/mol. The smallest absolute Gasteiger partial charge is 0.0600 e. The van der Waals surface area contributed by atoms with Gasteiger partial charge in [0.05, 0.1) is 16.6 Å². The van der Waals surface area contributed by atoms with Crippen molar-refractivity contribution in [2.24, 2.45) is 5.92 Å². The second kappa shape index (κ2) is 8.99. The van der Waals surface area contributed by atoms with E-state index in [9.17, 15) is 0 Å². The monoisotopic (exact) mass is 516 g/mol. The molecule has 0 spiro atoms. The molecule has 3 aliphatic rings. The quantitative estimate of drug-likeness (QED) is 0.232. The lowest BCUT2D eigenvalue weighted by atomic mass is 9.79. The zero-order chi connectivity index (χ0) is 26.7. The van der Waals surface area contributed by atoms with Crippen LogP contribution in [0.5, 0.6) is 0 Å². The van der Waals surface area contributed by atoms with Gasteiger partial charge in [-0.3, -0.25) is 0 Å². The number of hydrogen-bond acceptors (Lipinski definition) is 1. The molecule has 4 aromatic carbocycles. The Hall–Kier alpha value is -4.56. The Kier molecular flexibility index (Phi) is 5.25. The van der Waals surface area contributed by atoms with Gasteiger partial charge in [0.1, 0.15) is 0 Å². The fraction of sp³-hybridized carbons (Fsp3) is 0.158. The Balaban J connectivity index is 1.21. The molecule has 2 atom stereocenters. The average molecular weight is 517 g/mol. The fourth-order valence-corrected chi connectivity index (χ4v) is 7.13. The minimum absolute atomic E-state index is 0.101. The van der Waals surface area contributed by atoms with Crippen LogP contribution in [0.1, 0.15) is 25.3 Å². The molecule has 1 aromatic heterocycles. The maximum absolute atomic E-state index is 2.63. The van der Waals surface area contributed by atoms with Gasteiger partial charge in [-0.1, -0.05) is 109 Å². The molecule has 2 nitrogen and oxygen atoms in total. The van der Waals surface area contributed by atoms with Crippen molar-refractivity contribution in [3.05, 3.63) is 145 Å². The number of hydrogen-bond donors (Lipinski definition) is 0. The SMILES string of the molecule is CC1(N2Cc3ccccc3-c3ccccc32)C=C(C2C=C(n3c4ccccc4c4ccccc43)C=CC2)C=CC1. The number of anilines is 1. The highest BCUT2D eigenvalue weighted by Crippen LogP contribution is 2.45. The summed E-state index contributed by atoms with van der Waals surface area (Å²) in [7, 11) is 0. The molecule has 0 bridgehead atoms. The number of fused-ring (bicyclic) bond motifs is 6. The summed E-state index contributed by atoms with van der Waals surface area (Å²) in [6.45, 7) is 3.34. The molecule has 5 aromatic rings. The lowest BCUT2D eigenvalue weighted by Gasteiger charge is -2.46. The second-order valence-corrected chi connectivity index (χ2v) is 11.6. The third-order valence-electron chi connectivity index (χ3n) is 9.08. The van der Waals surface area contributed by atoms with E-state index in [-0.39, 0.29) is 5.54 Å². The Morgan fingerprint density at radius 2 is 1.38 bits per heavy atom. The van der Waals surface area contributed by atoms with Crippen LogP contribution in [-0.2, 0) is 6.54 Å². The van der Waals surface area contributed by atoms with Crippen molar-refractivity contribution in [1.29, 1.82) is 0 Å². The van der Waals surface area contributed by atoms with Crippen molar-refractivity contribution in [3.63, 3.8) is 0 Å². The molecule has 2 heterocycles. The third-order valence-corrected chi connectivity index (χ3v) is 9.08. The summed E-state index contributed by atoms with van der Waals surface area (Å²) in [5, 5.41) is 2.62. The van der Waals surface area contributed by atoms with Crippen LogP contribution in [-0.4, -0.2) is 10.1 Å². The summed E-state index contributed by atoms with van der Waals surface area (Å²) >= 11 is 0. The van der Waals surface area contributed by atoms with Crippen LogP contribution in [0.2, 0.25) is 0 Å². The Bertz CT molecular complexity index is 1860. The van der Waals surface area contributed by atoms with Crippen LogP contribution >= 0.6 is 0 Å². The molecule has 194 valence electrons. The van der Waals surface area contributed by atoms with Crippen LogP contribution < -0.4 is 4.90 Å². The maximum atomic E-state index is 2.63. The lowest BCUT2D eigenvalue weighted by Crippen LogP contribution is -2.47. The lowest BCUT2D eigenvalue weighted by molar-refractivity contribution is 0.501. The van der Waals surface area contributed by atoms with Gasteiger partial charge in [0.2, 0.25) is 0 Å². The predicted octanol–water partition coefficient (Wildman–Crippen LogP) is 9.54. The Labute approximate surface area is 235 Å². The minimum Gasteiger partial charge on any atom is -0.357 e. The van der Waals surface area contributed by atoms with E-state index in [2.05, 4.69) is 150 Å². The van der Waals surface area contributed by atoms with Gasteiger partial charge in [-0.2, -0.15) is 0 Å². The molecule has 8 rings (SSSR count). The van der Waals surface area contributed by atoms with Crippen LogP contribution in [0.15, 0.2) is 139 Å². The van der Waals surface area contributed by atoms with Gasteiger partial charge in [-0.25, -0.2) is 0 Å². The standard InChI is InChI=1S/C38H32N2/c1-38(39-26-29-12-2-3-16-31(29)32-17-4-7-20-35(32)39)23-11-14-28(25-38)27-13-10-15-30(24-27)40-36-21-8-5-18-33(36)34-19-6-9-22-37(34)40/h2-12,14-22,24-25,27H,13,23,26H2,1H3. The highest BCUT2D eigenvalue weighted by molar-refractivity contribution is 6.10. The van der Waals surface area contributed by atoms with Gasteiger partial charge in [0, 0.05) is 40.2 Å². The van der Waals surface area contributed by atoms with Crippen molar-refractivity contribution in [1.82, 2.24) is 4.57 Å².